The van der Waals surface area contributed by atoms with E-state index in [1.165, 1.54) is 6.07 Å². The van der Waals surface area contributed by atoms with E-state index in [-0.39, 0.29) is 0 Å². The maximum Gasteiger partial charge on any atom is 0.213 e. The van der Waals surface area contributed by atoms with Crippen molar-refractivity contribution in [3.05, 3.63) is 78.3 Å². The highest BCUT2D eigenvalue weighted by atomic mass is 19.1. The number of aryl methyl sites for hydroxylation is 1. The van der Waals surface area contributed by atoms with E-state index in [2.05, 4.69) is 32.1 Å². The highest BCUT2D eigenvalue weighted by molar-refractivity contribution is 5.54. The van der Waals surface area contributed by atoms with Gasteiger partial charge in [0, 0.05) is 18.6 Å². The van der Waals surface area contributed by atoms with Gasteiger partial charge in [-0.1, -0.05) is 25.5 Å². The van der Waals surface area contributed by atoms with Crippen LogP contribution in [0.1, 0.15) is 24.6 Å². The van der Waals surface area contributed by atoms with E-state index >= 15 is 0 Å². The van der Waals surface area contributed by atoms with Crippen molar-refractivity contribution >= 4 is 0 Å². The van der Waals surface area contributed by atoms with Crippen LogP contribution in [0.5, 0.6) is 0 Å². The molecule has 0 atom stereocenters. The summed E-state index contributed by atoms with van der Waals surface area (Å²) in [7, 11) is 0. The lowest BCUT2D eigenvalue weighted by molar-refractivity contribution is 0.584. The van der Waals surface area contributed by atoms with Crippen LogP contribution in [0, 0.1) is 5.95 Å². The molecular formula is C21H19FN6. The van der Waals surface area contributed by atoms with Crippen molar-refractivity contribution in [2.75, 3.05) is 0 Å². The minimum atomic E-state index is -0.529. The Balaban J connectivity index is 1.68. The molecule has 4 heterocycles. The number of nitrogens with zero attached hydrogens (tertiary/aromatic N) is 6. The molecule has 28 heavy (non-hydrogen) atoms. The van der Waals surface area contributed by atoms with Crippen LogP contribution in [0.3, 0.4) is 0 Å². The molecule has 0 amide bonds. The first-order valence-electron chi connectivity index (χ1n) is 9.15. The molecule has 0 saturated heterocycles. The smallest absolute Gasteiger partial charge is 0.213 e. The molecule has 4 rings (SSSR count). The van der Waals surface area contributed by atoms with Gasteiger partial charge >= 0.3 is 0 Å². The van der Waals surface area contributed by atoms with E-state index in [0.29, 0.717) is 18.1 Å². The van der Waals surface area contributed by atoms with Crippen molar-refractivity contribution in [1.82, 2.24) is 29.7 Å². The van der Waals surface area contributed by atoms with Crippen molar-refractivity contribution in [1.29, 1.82) is 0 Å². The predicted octanol–water partition coefficient (Wildman–Crippen LogP) is 3.94. The van der Waals surface area contributed by atoms with Crippen LogP contribution in [0.4, 0.5) is 4.39 Å². The lowest BCUT2D eigenvalue weighted by Gasteiger charge is -2.12. The first-order chi connectivity index (χ1) is 13.7. The Morgan fingerprint density at radius 2 is 1.82 bits per heavy atom. The molecule has 0 saturated carbocycles. The zero-order valence-electron chi connectivity index (χ0n) is 15.5. The summed E-state index contributed by atoms with van der Waals surface area (Å²) in [6.45, 7) is 2.61. The molecule has 140 valence electrons. The summed E-state index contributed by atoms with van der Waals surface area (Å²) in [6, 6.07) is 12.5. The Morgan fingerprint density at radius 3 is 2.61 bits per heavy atom. The molecule has 0 radical (unpaired) electrons. The molecule has 0 aliphatic carbocycles. The number of rotatable bonds is 6. The Morgan fingerprint density at radius 1 is 0.929 bits per heavy atom. The van der Waals surface area contributed by atoms with Crippen molar-refractivity contribution in [3.8, 4) is 22.9 Å². The van der Waals surface area contributed by atoms with Gasteiger partial charge < -0.3 is 4.57 Å². The van der Waals surface area contributed by atoms with Crippen molar-refractivity contribution in [2.45, 2.75) is 26.3 Å². The van der Waals surface area contributed by atoms with E-state index < -0.39 is 5.95 Å². The summed E-state index contributed by atoms with van der Waals surface area (Å²) in [6.07, 6.45) is 7.13. The van der Waals surface area contributed by atoms with Crippen LogP contribution < -0.4 is 0 Å². The SMILES string of the molecule is CCCc1cc(-c2ccccn2)nnc1Cn1ccnc1-c1cccc(F)n1. The quantitative estimate of drug-likeness (QED) is 0.478. The fourth-order valence-corrected chi connectivity index (χ4v) is 3.08. The zero-order valence-corrected chi connectivity index (χ0v) is 15.5. The number of pyridine rings is 2. The molecule has 7 heteroatoms. The van der Waals surface area contributed by atoms with Gasteiger partial charge in [0.1, 0.15) is 11.4 Å². The van der Waals surface area contributed by atoms with Crippen LogP contribution in [0.2, 0.25) is 0 Å². The van der Waals surface area contributed by atoms with Crippen LogP contribution in [-0.2, 0) is 13.0 Å². The van der Waals surface area contributed by atoms with Crippen LogP contribution in [0.15, 0.2) is 61.1 Å². The maximum absolute atomic E-state index is 13.5. The Hall–Kier alpha value is -3.48. The lowest BCUT2D eigenvalue weighted by Crippen LogP contribution is -2.09. The molecule has 4 aromatic heterocycles. The third kappa shape index (κ3) is 3.78. The number of aromatic nitrogens is 6. The molecular weight excluding hydrogens is 355 g/mol. The van der Waals surface area contributed by atoms with Gasteiger partial charge in [0.05, 0.1) is 17.9 Å². The molecule has 0 aliphatic rings. The van der Waals surface area contributed by atoms with Gasteiger partial charge in [-0.25, -0.2) is 9.97 Å². The van der Waals surface area contributed by atoms with E-state index in [1.807, 2.05) is 35.0 Å². The summed E-state index contributed by atoms with van der Waals surface area (Å²) < 4.78 is 15.4. The van der Waals surface area contributed by atoms with Gasteiger partial charge in [0.2, 0.25) is 5.95 Å². The summed E-state index contributed by atoms with van der Waals surface area (Å²) in [4.78, 5) is 12.6. The standard InChI is InChI=1S/C21H19FN6/c1-2-6-15-13-18(16-7-3-4-10-23-16)26-27-19(15)14-28-12-11-24-21(28)17-8-5-9-20(22)25-17/h3-5,7-13H,2,6,14H2,1H3. The van der Waals surface area contributed by atoms with Crippen molar-refractivity contribution in [3.63, 3.8) is 0 Å². The van der Waals surface area contributed by atoms with E-state index in [0.717, 1.165) is 35.5 Å². The first-order valence-corrected chi connectivity index (χ1v) is 9.15. The van der Waals surface area contributed by atoms with E-state index in [4.69, 9.17) is 0 Å². The van der Waals surface area contributed by atoms with E-state index in [9.17, 15) is 4.39 Å². The molecule has 6 nitrogen and oxygen atoms in total. The van der Waals surface area contributed by atoms with Gasteiger partial charge in [-0.2, -0.15) is 9.49 Å². The zero-order chi connectivity index (χ0) is 19.3. The third-order valence-corrected chi connectivity index (χ3v) is 4.39. The van der Waals surface area contributed by atoms with Gasteiger partial charge in [-0.15, -0.1) is 5.10 Å². The van der Waals surface area contributed by atoms with Crippen molar-refractivity contribution < 1.29 is 4.39 Å². The van der Waals surface area contributed by atoms with Gasteiger partial charge in [-0.3, -0.25) is 4.98 Å². The Labute approximate surface area is 162 Å². The largest absolute Gasteiger partial charge is 0.324 e. The first kappa shape index (κ1) is 17.9. The second kappa shape index (κ2) is 8.04. The maximum atomic E-state index is 13.5. The molecule has 4 aromatic rings. The number of halogens is 1. The summed E-state index contributed by atoms with van der Waals surface area (Å²) >= 11 is 0. The normalized spacial score (nSPS) is 10.9. The minimum absolute atomic E-state index is 0.484. The van der Waals surface area contributed by atoms with Crippen LogP contribution >= 0.6 is 0 Å². The Kier molecular flexibility index (Phi) is 5.14. The minimum Gasteiger partial charge on any atom is -0.324 e. The molecule has 0 bridgehead atoms. The van der Waals surface area contributed by atoms with Gasteiger partial charge in [0.25, 0.3) is 0 Å². The molecule has 0 fully saturated rings. The van der Waals surface area contributed by atoms with E-state index in [1.54, 1.807) is 24.5 Å². The summed E-state index contributed by atoms with van der Waals surface area (Å²) in [5.74, 6) is 0.0655. The van der Waals surface area contributed by atoms with Gasteiger partial charge in [-0.05, 0) is 42.3 Å². The molecule has 0 aliphatic heterocycles. The average molecular weight is 374 g/mol. The monoisotopic (exact) mass is 374 g/mol. The molecule has 0 unspecified atom stereocenters. The number of hydrogen-bond acceptors (Lipinski definition) is 5. The fraction of sp³-hybridized carbons (Fsp3) is 0.190. The van der Waals surface area contributed by atoms with Crippen molar-refractivity contribution in [2.24, 2.45) is 0 Å². The third-order valence-electron chi connectivity index (χ3n) is 4.39. The molecule has 0 aromatic carbocycles. The predicted molar refractivity (Wildman–Crippen MR) is 104 cm³/mol. The van der Waals surface area contributed by atoms with Crippen LogP contribution in [0.25, 0.3) is 22.9 Å². The van der Waals surface area contributed by atoms with Gasteiger partial charge in [0.15, 0.2) is 5.82 Å². The second-order valence-corrected chi connectivity index (χ2v) is 6.39. The second-order valence-electron chi connectivity index (χ2n) is 6.39. The average Bonchev–Trinajstić information content (AvgIpc) is 3.18. The van der Waals surface area contributed by atoms with Crippen LogP contribution in [-0.4, -0.2) is 29.7 Å². The fourth-order valence-electron chi connectivity index (χ4n) is 3.08. The topological polar surface area (TPSA) is 69.4 Å². The summed E-state index contributed by atoms with van der Waals surface area (Å²) in [5, 5.41) is 8.83. The Bertz CT molecular complexity index is 1080. The number of imidazole rings is 1. The number of hydrogen-bond donors (Lipinski definition) is 0. The lowest BCUT2D eigenvalue weighted by atomic mass is 10.1. The molecule has 0 N–H and O–H groups in total. The highest BCUT2D eigenvalue weighted by Gasteiger charge is 2.13. The highest BCUT2D eigenvalue weighted by Crippen LogP contribution is 2.21. The molecule has 0 spiro atoms. The summed E-state index contributed by atoms with van der Waals surface area (Å²) in [5.41, 5.74) is 4.01.